The van der Waals surface area contributed by atoms with E-state index in [4.69, 9.17) is 12.2 Å². The number of terminal acetylenes is 1. The van der Waals surface area contributed by atoms with E-state index in [0.29, 0.717) is 13.1 Å². The van der Waals surface area contributed by atoms with Crippen LogP contribution in [0.25, 0.3) is 0 Å². The van der Waals surface area contributed by atoms with Crippen molar-refractivity contribution in [3.05, 3.63) is 23.9 Å². The summed E-state index contributed by atoms with van der Waals surface area (Å²) in [5.74, 6) is 4.45. The van der Waals surface area contributed by atoms with Gasteiger partial charge in [0.05, 0.1) is 6.54 Å². The van der Waals surface area contributed by atoms with Crippen LogP contribution in [0.5, 0.6) is 0 Å². The summed E-state index contributed by atoms with van der Waals surface area (Å²) in [6.07, 6.45) is 9.82. The van der Waals surface area contributed by atoms with Gasteiger partial charge in [-0.1, -0.05) is 5.92 Å². The SMILES string of the molecule is C#CCN(CC1CC1)c1cc(CN)ccn1. The molecular weight excluding hydrogens is 198 g/mol. The third-order valence-corrected chi connectivity index (χ3v) is 2.83. The summed E-state index contributed by atoms with van der Waals surface area (Å²) in [7, 11) is 0. The van der Waals surface area contributed by atoms with Crippen LogP contribution in [-0.2, 0) is 6.54 Å². The minimum Gasteiger partial charge on any atom is -0.345 e. The first-order valence-corrected chi connectivity index (χ1v) is 5.67. The smallest absolute Gasteiger partial charge is 0.129 e. The molecule has 84 valence electrons. The fraction of sp³-hybridized carbons (Fsp3) is 0.462. The summed E-state index contributed by atoms with van der Waals surface area (Å²) in [5.41, 5.74) is 6.72. The van der Waals surface area contributed by atoms with Crippen LogP contribution in [0.15, 0.2) is 18.3 Å². The van der Waals surface area contributed by atoms with Crippen molar-refractivity contribution in [3.8, 4) is 12.3 Å². The molecule has 0 bridgehead atoms. The highest BCUT2D eigenvalue weighted by molar-refractivity contribution is 5.42. The minimum absolute atomic E-state index is 0.544. The molecule has 3 nitrogen and oxygen atoms in total. The van der Waals surface area contributed by atoms with Crippen LogP contribution >= 0.6 is 0 Å². The van der Waals surface area contributed by atoms with Gasteiger partial charge in [-0.15, -0.1) is 6.42 Å². The number of hydrogen-bond acceptors (Lipinski definition) is 3. The van der Waals surface area contributed by atoms with Crippen molar-refractivity contribution in [1.29, 1.82) is 0 Å². The van der Waals surface area contributed by atoms with E-state index >= 15 is 0 Å². The topological polar surface area (TPSA) is 42.1 Å². The Labute approximate surface area is 96.7 Å². The Bertz CT molecular complexity index is 390. The van der Waals surface area contributed by atoms with Gasteiger partial charge in [0.1, 0.15) is 5.82 Å². The van der Waals surface area contributed by atoms with E-state index < -0.39 is 0 Å². The molecule has 16 heavy (non-hydrogen) atoms. The summed E-state index contributed by atoms with van der Waals surface area (Å²) >= 11 is 0. The standard InChI is InChI=1S/C13H17N3/c1-2-7-16(10-11-3-4-11)13-8-12(9-14)5-6-15-13/h1,5-6,8,11H,3-4,7,9-10,14H2. The maximum absolute atomic E-state index is 5.62. The predicted molar refractivity (Wildman–Crippen MR) is 65.9 cm³/mol. The third kappa shape index (κ3) is 2.74. The molecule has 1 saturated carbocycles. The second-order valence-electron chi connectivity index (χ2n) is 4.25. The van der Waals surface area contributed by atoms with Crippen molar-refractivity contribution >= 4 is 5.82 Å². The molecule has 1 heterocycles. The zero-order valence-corrected chi connectivity index (χ0v) is 9.39. The van der Waals surface area contributed by atoms with E-state index in [-0.39, 0.29) is 0 Å². The van der Waals surface area contributed by atoms with Gasteiger partial charge in [0.25, 0.3) is 0 Å². The lowest BCUT2D eigenvalue weighted by atomic mass is 10.2. The fourth-order valence-electron chi connectivity index (χ4n) is 1.72. The van der Waals surface area contributed by atoms with E-state index in [9.17, 15) is 0 Å². The Morgan fingerprint density at radius 1 is 1.56 bits per heavy atom. The van der Waals surface area contributed by atoms with Crippen molar-refractivity contribution in [2.24, 2.45) is 11.7 Å². The van der Waals surface area contributed by atoms with Crippen molar-refractivity contribution in [2.75, 3.05) is 18.0 Å². The highest BCUT2D eigenvalue weighted by Crippen LogP contribution is 2.30. The Balaban J connectivity index is 2.12. The first-order chi connectivity index (χ1) is 7.83. The van der Waals surface area contributed by atoms with Gasteiger partial charge in [0.15, 0.2) is 0 Å². The largest absolute Gasteiger partial charge is 0.345 e. The van der Waals surface area contributed by atoms with Crippen LogP contribution in [0, 0.1) is 18.3 Å². The lowest BCUT2D eigenvalue weighted by molar-refractivity contribution is 0.754. The number of nitrogens with zero attached hydrogens (tertiary/aromatic N) is 2. The van der Waals surface area contributed by atoms with Gasteiger partial charge in [0.2, 0.25) is 0 Å². The quantitative estimate of drug-likeness (QED) is 0.755. The van der Waals surface area contributed by atoms with E-state index in [2.05, 4.69) is 15.8 Å². The average Bonchev–Trinajstić information content (AvgIpc) is 3.12. The number of rotatable bonds is 5. The molecular formula is C13H17N3. The first-order valence-electron chi connectivity index (χ1n) is 5.67. The first kappa shape index (κ1) is 11.0. The summed E-state index contributed by atoms with van der Waals surface area (Å²) in [5, 5.41) is 0. The Kier molecular flexibility index (Phi) is 3.43. The summed E-state index contributed by atoms with van der Waals surface area (Å²) in [6.45, 7) is 2.19. The lowest BCUT2D eigenvalue weighted by Gasteiger charge is -2.21. The molecule has 3 heteroatoms. The molecule has 1 fully saturated rings. The van der Waals surface area contributed by atoms with E-state index in [1.54, 1.807) is 6.20 Å². The van der Waals surface area contributed by atoms with Crippen LogP contribution < -0.4 is 10.6 Å². The van der Waals surface area contributed by atoms with Crippen LogP contribution in [0.4, 0.5) is 5.82 Å². The van der Waals surface area contributed by atoms with Crippen LogP contribution in [0.1, 0.15) is 18.4 Å². The molecule has 2 N–H and O–H groups in total. The zero-order chi connectivity index (χ0) is 11.4. The van der Waals surface area contributed by atoms with Gasteiger partial charge >= 0.3 is 0 Å². The van der Waals surface area contributed by atoms with E-state index in [1.165, 1.54) is 12.8 Å². The molecule has 0 unspecified atom stereocenters. The minimum atomic E-state index is 0.544. The molecule has 2 rings (SSSR count). The number of anilines is 1. The van der Waals surface area contributed by atoms with Gasteiger partial charge < -0.3 is 10.6 Å². The Morgan fingerprint density at radius 3 is 3.00 bits per heavy atom. The van der Waals surface area contributed by atoms with Crippen LogP contribution in [0.3, 0.4) is 0 Å². The molecule has 0 aromatic carbocycles. The average molecular weight is 215 g/mol. The molecule has 0 saturated heterocycles. The molecule has 0 aliphatic heterocycles. The van der Waals surface area contributed by atoms with Gasteiger partial charge in [-0.2, -0.15) is 0 Å². The summed E-state index contributed by atoms with van der Waals surface area (Å²) < 4.78 is 0. The fourth-order valence-corrected chi connectivity index (χ4v) is 1.72. The number of nitrogens with two attached hydrogens (primary N) is 1. The van der Waals surface area contributed by atoms with Gasteiger partial charge in [-0.05, 0) is 36.5 Å². The lowest BCUT2D eigenvalue weighted by Crippen LogP contribution is -2.27. The van der Waals surface area contributed by atoms with Crippen molar-refractivity contribution in [1.82, 2.24) is 4.98 Å². The number of aromatic nitrogens is 1. The summed E-state index contributed by atoms with van der Waals surface area (Å²) in [6, 6.07) is 3.97. The van der Waals surface area contributed by atoms with Crippen molar-refractivity contribution in [2.45, 2.75) is 19.4 Å². The molecule has 1 aromatic heterocycles. The Morgan fingerprint density at radius 2 is 2.38 bits per heavy atom. The van der Waals surface area contributed by atoms with Crippen LogP contribution in [-0.4, -0.2) is 18.1 Å². The van der Waals surface area contributed by atoms with Gasteiger partial charge in [-0.25, -0.2) is 4.98 Å². The molecule has 0 radical (unpaired) electrons. The molecule has 1 aliphatic carbocycles. The Hall–Kier alpha value is -1.53. The second-order valence-corrected chi connectivity index (χ2v) is 4.25. The highest BCUT2D eigenvalue weighted by Gasteiger charge is 2.24. The second kappa shape index (κ2) is 5.00. The van der Waals surface area contributed by atoms with E-state index in [1.807, 2.05) is 12.1 Å². The molecule has 1 aromatic rings. The molecule has 0 spiro atoms. The van der Waals surface area contributed by atoms with Crippen LogP contribution in [0.2, 0.25) is 0 Å². The predicted octanol–water partition coefficient (Wildman–Crippen LogP) is 1.39. The summed E-state index contributed by atoms with van der Waals surface area (Å²) in [4.78, 5) is 6.53. The number of pyridine rings is 1. The zero-order valence-electron chi connectivity index (χ0n) is 9.39. The van der Waals surface area contributed by atoms with E-state index in [0.717, 1.165) is 23.8 Å². The monoisotopic (exact) mass is 215 g/mol. The highest BCUT2D eigenvalue weighted by atomic mass is 15.2. The van der Waals surface area contributed by atoms with Gasteiger partial charge in [0, 0.05) is 19.3 Å². The normalized spacial score (nSPS) is 14.5. The molecule has 0 amide bonds. The maximum atomic E-state index is 5.62. The number of hydrogen-bond donors (Lipinski definition) is 1. The third-order valence-electron chi connectivity index (χ3n) is 2.83. The van der Waals surface area contributed by atoms with Crippen molar-refractivity contribution < 1.29 is 0 Å². The molecule has 1 aliphatic rings. The molecule has 0 atom stereocenters. The van der Waals surface area contributed by atoms with Crippen molar-refractivity contribution in [3.63, 3.8) is 0 Å². The maximum Gasteiger partial charge on any atom is 0.129 e. The van der Waals surface area contributed by atoms with Gasteiger partial charge in [-0.3, -0.25) is 0 Å².